The van der Waals surface area contributed by atoms with E-state index in [1.807, 2.05) is 24.7 Å². The van der Waals surface area contributed by atoms with Crippen LogP contribution in [0.4, 0.5) is 0 Å². The second kappa shape index (κ2) is 9.36. The molecule has 114 valence electrons. The molecular formula is C14H27N5O. The summed E-state index contributed by atoms with van der Waals surface area (Å²) in [6, 6.07) is 0.342. The number of nitrogens with one attached hydrogen (secondary N) is 2. The minimum Gasteiger partial charge on any atom is -0.382 e. The van der Waals surface area contributed by atoms with Crippen LogP contribution in [-0.4, -0.2) is 41.3 Å². The number of aliphatic imine (C=N–C) groups is 1. The summed E-state index contributed by atoms with van der Waals surface area (Å²) < 4.78 is 7.30. The van der Waals surface area contributed by atoms with E-state index in [1.165, 1.54) is 0 Å². The number of aromatic nitrogens is 2. The summed E-state index contributed by atoms with van der Waals surface area (Å²) in [4.78, 5) is 8.82. The van der Waals surface area contributed by atoms with E-state index in [0.717, 1.165) is 38.0 Å². The highest BCUT2D eigenvalue weighted by atomic mass is 16.5. The first-order chi connectivity index (χ1) is 9.63. The standard InChI is InChI=1S/C14H27N5O/c1-5-20-10-6-7-16-14(18-12(2)3)17-11-13-15-8-9-19(13)4/h8-9,12H,5-7,10-11H2,1-4H3,(H2,16,17,18). The average molecular weight is 281 g/mol. The second-order valence-corrected chi connectivity index (χ2v) is 4.90. The third-order valence-electron chi connectivity index (χ3n) is 2.69. The van der Waals surface area contributed by atoms with E-state index in [2.05, 4.69) is 34.5 Å². The molecule has 20 heavy (non-hydrogen) atoms. The number of guanidine groups is 1. The first kappa shape index (κ1) is 16.5. The van der Waals surface area contributed by atoms with E-state index < -0.39 is 0 Å². The molecule has 0 aliphatic heterocycles. The molecule has 1 rings (SSSR count). The number of ether oxygens (including phenoxy) is 1. The zero-order chi connectivity index (χ0) is 14.8. The van der Waals surface area contributed by atoms with Crippen LogP contribution in [0.2, 0.25) is 0 Å². The fourth-order valence-corrected chi connectivity index (χ4v) is 1.65. The molecule has 1 heterocycles. The van der Waals surface area contributed by atoms with Crippen molar-refractivity contribution in [3.8, 4) is 0 Å². The van der Waals surface area contributed by atoms with Crippen LogP contribution < -0.4 is 10.6 Å². The third-order valence-corrected chi connectivity index (χ3v) is 2.69. The molecule has 0 aromatic carbocycles. The van der Waals surface area contributed by atoms with Crippen molar-refractivity contribution in [3.05, 3.63) is 18.2 Å². The molecule has 0 saturated carbocycles. The minimum atomic E-state index is 0.342. The van der Waals surface area contributed by atoms with Crippen LogP contribution in [0.1, 0.15) is 33.0 Å². The number of imidazole rings is 1. The summed E-state index contributed by atoms with van der Waals surface area (Å²) in [5.74, 6) is 1.77. The van der Waals surface area contributed by atoms with E-state index in [0.29, 0.717) is 12.6 Å². The minimum absolute atomic E-state index is 0.342. The van der Waals surface area contributed by atoms with Crippen molar-refractivity contribution in [3.63, 3.8) is 0 Å². The van der Waals surface area contributed by atoms with Crippen molar-refractivity contribution >= 4 is 5.96 Å². The lowest BCUT2D eigenvalue weighted by Crippen LogP contribution is -2.41. The van der Waals surface area contributed by atoms with Crippen molar-refractivity contribution in [2.75, 3.05) is 19.8 Å². The normalized spacial score (nSPS) is 11.9. The van der Waals surface area contributed by atoms with Gasteiger partial charge in [-0.05, 0) is 27.2 Å². The fraction of sp³-hybridized carbons (Fsp3) is 0.714. The molecule has 0 saturated heterocycles. The number of aryl methyl sites for hydroxylation is 1. The zero-order valence-electron chi connectivity index (χ0n) is 13.0. The van der Waals surface area contributed by atoms with Gasteiger partial charge in [0.1, 0.15) is 12.4 Å². The lowest BCUT2D eigenvalue weighted by molar-refractivity contribution is 0.145. The summed E-state index contributed by atoms with van der Waals surface area (Å²) in [6.45, 7) is 9.15. The van der Waals surface area contributed by atoms with Gasteiger partial charge in [-0.25, -0.2) is 9.98 Å². The number of hydrogen-bond donors (Lipinski definition) is 2. The fourth-order valence-electron chi connectivity index (χ4n) is 1.65. The molecule has 0 spiro atoms. The summed E-state index contributed by atoms with van der Waals surface area (Å²) in [7, 11) is 1.98. The highest BCUT2D eigenvalue weighted by Gasteiger charge is 2.02. The van der Waals surface area contributed by atoms with Crippen LogP contribution >= 0.6 is 0 Å². The van der Waals surface area contributed by atoms with Crippen molar-refractivity contribution in [1.29, 1.82) is 0 Å². The molecule has 0 atom stereocenters. The number of rotatable bonds is 8. The molecule has 1 aromatic heterocycles. The van der Waals surface area contributed by atoms with Gasteiger partial charge in [0.2, 0.25) is 0 Å². The Morgan fingerprint density at radius 3 is 2.90 bits per heavy atom. The van der Waals surface area contributed by atoms with E-state index >= 15 is 0 Å². The van der Waals surface area contributed by atoms with Crippen LogP contribution in [0.5, 0.6) is 0 Å². The highest BCUT2D eigenvalue weighted by Crippen LogP contribution is 1.96. The van der Waals surface area contributed by atoms with Gasteiger partial charge in [0.15, 0.2) is 5.96 Å². The molecule has 1 aromatic rings. The second-order valence-electron chi connectivity index (χ2n) is 4.90. The topological polar surface area (TPSA) is 63.5 Å². The van der Waals surface area contributed by atoms with E-state index in [9.17, 15) is 0 Å². The van der Waals surface area contributed by atoms with E-state index in [4.69, 9.17) is 4.74 Å². The Kier molecular flexibility index (Phi) is 7.72. The van der Waals surface area contributed by atoms with Crippen LogP contribution in [0, 0.1) is 0 Å². The Hall–Kier alpha value is -1.56. The van der Waals surface area contributed by atoms with Gasteiger partial charge >= 0.3 is 0 Å². The van der Waals surface area contributed by atoms with Gasteiger partial charge in [0, 0.05) is 45.2 Å². The smallest absolute Gasteiger partial charge is 0.191 e. The monoisotopic (exact) mass is 281 g/mol. The summed E-state index contributed by atoms with van der Waals surface area (Å²) in [6.07, 6.45) is 4.68. The van der Waals surface area contributed by atoms with Crippen molar-refractivity contribution in [1.82, 2.24) is 20.2 Å². The third kappa shape index (κ3) is 6.56. The number of nitrogens with zero attached hydrogens (tertiary/aromatic N) is 3. The van der Waals surface area contributed by atoms with Crippen LogP contribution in [-0.2, 0) is 18.3 Å². The van der Waals surface area contributed by atoms with Gasteiger partial charge in [-0.2, -0.15) is 0 Å². The average Bonchev–Trinajstić information content (AvgIpc) is 2.80. The molecular weight excluding hydrogens is 254 g/mol. The Morgan fingerprint density at radius 1 is 1.50 bits per heavy atom. The summed E-state index contributed by atoms with van der Waals surface area (Å²) >= 11 is 0. The zero-order valence-corrected chi connectivity index (χ0v) is 13.0. The SMILES string of the molecule is CCOCCCNC(=NCc1nccn1C)NC(C)C. The Bertz CT molecular complexity index is 400. The molecule has 0 aliphatic rings. The van der Waals surface area contributed by atoms with Gasteiger partial charge in [0.25, 0.3) is 0 Å². The van der Waals surface area contributed by atoms with Gasteiger partial charge < -0.3 is 19.9 Å². The summed E-state index contributed by atoms with van der Waals surface area (Å²) in [5, 5.41) is 6.63. The van der Waals surface area contributed by atoms with Gasteiger partial charge in [-0.15, -0.1) is 0 Å². The molecule has 6 nitrogen and oxygen atoms in total. The maximum Gasteiger partial charge on any atom is 0.191 e. The first-order valence-electron chi connectivity index (χ1n) is 7.22. The van der Waals surface area contributed by atoms with Crippen molar-refractivity contribution < 1.29 is 4.74 Å². The summed E-state index contributed by atoms with van der Waals surface area (Å²) in [5.41, 5.74) is 0. The molecule has 0 fully saturated rings. The lowest BCUT2D eigenvalue weighted by atomic mass is 10.4. The van der Waals surface area contributed by atoms with Crippen molar-refractivity contribution in [2.45, 2.75) is 39.8 Å². The molecule has 0 radical (unpaired) electrons. The highest BCUT2D eigenvalue weighted by molar-refractivity contribution is 5.79. The Morgan fingerprint density at radius 2 is 2.30 bits per heavy atom. The molecule has 6 heteroatoms. The van der Waals surface area contributed by atoms with Gasteiger partial charge in [-0.3, -0.25) is 0 Å². The molecule has 2 N–H and O–H groups in total. The maximum atomic E-state index is 5.32. The predicted molar refractivity (Wildman–Crippen MR) is 81.7 cm³/mol. The molecule has 0 amide bonds. The Balaban J connectivity index is 2.44. The first-order valence-corrected chi connectivity index (χ1v) is 7.22. The van der Waals surface area contributed by atoms with E-state index in [-0.39, 0.29) is 0 Å². The van der Waals surface area contributed by atoms with Gasteiger partial charge in [0.05, 0.1) is 0 Å². The van der Waals surface area contributed by atoms with Crippen LogP contribution in [0.25, 0.3) is 0 Å². The Labute approximate surface area is 121 Å². The van der Waals surface area contributed by atoms with Crippen LogP contribution in [0.15, 0.2) is 17.4 Å². The van der Waals surface area contributed by atoms with Crippen molar-refractivity contribution in [2.24, 2.45) is 12.0 Å². The predicted octanol–water partition coefficient (Wildman–Crippen LogP) is 1.29. The van der Waals surface area contributed by atoms with Crippen LogP contribution in [0.3, 0.4) is 0 Å². The van der Waals surface area contributed by atoms with E-state index in [1.54, 1.807) is 6.20 Å². The molecule has 0 unspecified atom stereocenters. The molecule has 0 aliphatic carbocycles. The largest absolute Gasteiger partial charge is 0.382 e. The molecule has 0 bridgehead atoms. The lowest BCUT2D eigenvalue weighted by Gasteiger charge is -2.15. The van der Waals surface area contributed by atoms with Gasteiger partial charge in [-0.1, -0.05) is 0 Å². The quantitative estimate of drug-likeness (QED) is 0.428. The number of hydrogen-bond acceptors (Lipinski definition) is 3. The maximum absolute atomic E-state index is 5.32.